The Labute approximate surface area is 115 Å². The highest BCUT2D eigenvalue weighted by Gasteiger charge is 2.17. The maximum Gasteiger partial charge on any atom is 0.270 e. The van der Waals surface area contributed by atoms with Crippen LogP contribution in [0.5, 0.6) is 0 Å². The van der Waals surface area contributed by atoms with Crippen molar-refractivity contribution in [3.05, 3.63) is 34.4 Å². The number of nitrogens with one attached hydrogen (secondary N) is 3. The van der Waals surface area contributed by atoms with Gasteiger partial charge in [-0.15, -0.1) is 4.83 Å². The predicted octanol–water partition coefficient (Wildman–Crippen LogP) is 0.272. The number of nitro benzene ring substituents is 1. The number of benzene rings is 1. The van der Waals surface area contributed by atoms with Gasteiger partial charge in [-0.05, 0) is 25.2 Å². The van der Waals surface area contributed by atoms with Crippen LogP contribution >= 0.6 is 12.2 Å². The second-order valence-corrected chi connectivity index (χ2v) is 5.44. The van der Waals surface area contributed by atoms with Gasteiger partial charge in [0, 0.05) is 18.7 Å². The molecule has 0 saturated heterocycles. The van der Waals surface area contributed by atoms with Gasteiger partial charge in [0.25, 0.3) is 15.7 Å². The van der Waals surface area contributed by atoms with Crippen LogP contribution in [0.4, 0.5) is 5.69 Å². The van der Waals surface area contributed by atoms with Crippen molar-refractivity contribution in [2.24, 2.45) is 0 Å². The van der Waals surface area contributed by atoms with E-state index in [1.54, 1.807) is 6.92 Å². The van der Waals surface area contributed by atoms with E-state index in [0.717, 1.165) is 6.07 Å². The van der Waals surface area contributed by atoms with E-state index in [1.807, 2.05) is 4.83 Å². The zero-order valence-corrected chi connectivity index (χ0v) is 11.5. The van der Waals surface area contributed by atoms with Crippen molar-refractivity contribution in [1.29, 1.82) is 0 Å². The van der Waals surface area contributed by atoms with E-state index in [2.05, 4.69) is 10.7 Å². The molecule has 19 heavy (non-hydrogen) atoms. The second kappa shape index (κ2) is 6.41. The Morgan fingerprint density at radius 2 is 2.16 bits per heavy atom. The molecule has 104 valence electrons. The molecule has 0 radical (unpaired) electrons. The van der Waals surface area contributed by atoms with E-state index in [4.69, 9.17) is 12.2 Å². The Bertz CT molecular complexity index is 588. The van der Waals surface area contributed by atoms with Crippen LogP contribution < -0.4 is 15.6 Å². The largest absolute Gasteiger partial charge is 0.362 e. The molecule has 0 fully saturated rings. The summed E-state index contributed by atoms with van der Waals surface area (Å²) in [5.41, 5.74) is 1.98. The third kappa shape index (κ3) is 4.43. The Kier molecular flexibility index (Phi) is 5.15. The molecule has 0 spiro atoms. The number of nitrogens with zero attached hydrogens (tertiary/aromatic N) is 1. The molecule has 0 bridgehead atoms. The van der Waals surface area contributed by atoms with Gasteiger partial charge in [-0.2, -0.15) is 0 Å². The lowest BCUT2D eigenvalue weighted by molar-refractivity contribution is -0.385. The molecule has 1 aromatic carbocycles. The van der Waals surface area contributed by atoms with Gasteiger partial charge in [0.15, 0.2) is 5.11 Å². The van der Waals surface area contributed by atoms with Gasteiger partial charge in [0.1, 0.15) is 0 Å². The van der Waals surface area contributed by atoms with Crippen LogP contribution in [0.1, 0.15) is 6.92 Å². The van der Waals surface area contributed by atoms with Crippen molar-refractivity contribution in [1.82, 2.24) is 15.6 Å². The lowest BCUT2D eigenvalue weighted by Gasteiger charge is -2.10. The second-order valence-electron chi connectivity index (χ2n) is 3.34. The van der Waals surface area contributed by atoms with Crippen LogP contribution in [0.2, 0.25) is 0 Å². The molecule has 0 atom stereocenters. The molecule has 0 amide bonds. The van der Waals surface area contributed by atoms with Gasteiger partial charge in [-0.3, -0.25) is 15.5 Å². The van der Waals surface area contributed by atoms with E-state index < -0.39 is 14.9 Å². The molecule has 0 aliphatic rings. The number of sulfonamides is 1. The summed E-state index contributed by atoms with van der Waals surface area (Å²) in [6.07, 6.45) is 0. The van der Waals surface area contributed by atoms with Crippen molar-refractivity contribution in [3.8, 4) is 0 Å². The number of hydrogen-bond acceptors (Lipinski definition) is 5. The highest BCUT2D eigenvalue weighted by Crippen LogP contribution is 2.16. The molecular weight excluding hydrogens is 292 g/mol. The number of hydrogen-bond donors (Lipinski definition) is 3. The molecule has 0 unspecified atom stereocenters. The van der Waals surface area contributed by atoms with Gasteiger partial charge < -0.3 is 5.32 Å². The average molecular weight is 304 g/mol. The van der Waals surface area contributed by atoms with E-state index in [0.29, 0.717) is 6.54 Å². The summed E-state index contributed by atoms with van der Waals surface area (Å²) in [5.74, 6) is 0. The third-order valence-electron chi connectivity index (χ3n) is 1.97. The lowest BCUT2D eigenvalue weighted by Crippen LogP contribution is -2.46. The molecule has 0 saturated carbocycles. The van der Waals surface area contributed by atoms with Gasteiger partial charge in [-0.25, -0.2) is 8.42 Å². The molecule has 3 N–H and O–H groups in total. The van der Waals surface area contributed by atoms with E-state index >= 15 is 0 Å². The van der Waals surface area contributed by atoms with Crippen molar-refractivity contribution in [2.75, 3.05) is 6.54 Å². The smallest absolute Gasteiger partial charge is 0.270 e. The summed E-state index contributed by atoms with van der Waals surface area (Å²) < 4.78 is 23.7. The van der Waals surface area contributed by atoms with Crippen LogP contribution in [0.3, 0.4) is 0 Å². The fourth-order valence-electron chi connectivity index (χ4n) is 1.14. The summed E-state index contributed by atoms with van der Waals surface area (Å²) >= 11 is 4.78. The summed E-state index contributed by atoms with van der Waals surface area (Å²) in [5, 5.41) is 13.4. The fourth-order valence-corrected chi connectivity index (χ4v) is 2.29. The van der Waals surface area contributed by atoms with Gasteiger partial charge in [-0.1, -0.05) is 6.07 Å². The average Bonchev–Trinajstić information content (AvgIpc) is 2.37. The Morgan fingerprint density at radius 1 is 1.47 bits per heavy atom. The maximum absolute atomic E-state index is 11.8. The molecular formula is C9H12N4O4S2. The molecule has 0 heterocycles. The number of rotatable bonds is 5. The van der Waals surface area contributed by atoms with Crippen molar-refractivity contribution >= 4 is 33.0 Å². The lowest BCUT2D eigenvalue weighted by atomic mass is 10.3. The fraction of sp³-hybridized carbons (Fsp3) is 0.222. The topological polar surface area (TPSA) is 113 Å². The minimum atomic E-state index is -3.92. The van der Waals surface area contributed by atoms with E-state index in [1.165, 1.54) is 18.2 Å². The minimum absolute atomic E-state index is 0.108. The highest BCUT2D eigenvalue weighted by atomic mass is 32.2. The monoisotopic (exact) mass is 304 g/mol. The number of nitro groups is 1. The quantitative estimate of drug-likeness (QED) is 0.406. The van der Waals surface area contributed by atoms with Gasteiger partial charge in [0.2, 0.25) is 0 Å². The van der Waals surface area contributed by atoms with Crippen LogP contribution in [-0.4, -0.2) is 25.0 Å². The molecule has 10 heteroatoms. The molecule has 8 nitrogen and oxygen atoms in total. The predicted molar refractivity (Wildman–Crippen MR) is 72.8 cm³/mol. The Hall–Kier alpha value is -1.78. The highest BCUT2D eigenvalue weighted by molar-refractivity contribution is 7.89. The van der Waals surface area contributed by atoms with E-state index in [9.17, 15) is 18.5 Å². The van der Waals surface area contributed by atoms with Crippen LogP contribution in [-0.2, 0) is 10.0 Å². The first-order valence-corrected chi connectivity index (χ1v) is 7.06. The normalized spacial score (nSPS) is 10.8. The van der Waals surface area contributed by atoms with Crippen molar-refractivity contribution < 1.29 is 13.3 Å². The molecule has 1 rings (SSSR count). The zero-order chi connectivity index (χ0) is 14.5. The maximum atomic E-state index is 11.8. The zero-order valence-electron chi connectivity index (χ0n) is 9.91. The third-order valence-corrected chi connectivity index (χ3v) is 3.47. The van der Waals surface area contributed by atoms with Gasteiger partial charge in [0.05, 0.1) is 9.82 Å². The standard InChI is InChI=1S/C9H12N4O4S2/c1-2-10-9(18)11-12-19(16,17)8-5-3-4-7(6-8)13(14)15/h3-6,12H,2H2,1H3,(H2,10,11,18). The first-order valence-electron chi connectivity index (χ1n) is 5.17. The summed E-state index contributed by atoms with van der Waals surface area (Å²) in [6, 6.07) is 4.69. The molecule has 0 aliphatic heterocycles. The SMILES string of the molecule is CCNC(=S)NNS(=O)(=O)c1cccc([N+](=O)[O-])c1. The Balaban J connectivity index is 2.85. The van der Waals surface area contributed by atoms with Crippen LogP contribution in [0.15, 0.2) is 29.2 Å². The molecule has 1 aromatic rings. The number of thiocarbonyl (C=S) groups is 1. The van der Waals surface area contributed by atoms with Crippen molar-refractivity contribution in [3.63, 3.8) is 0 Å². The van der Waals surface area contributed by atoms with E-state index in [-0.39, 0.29) is 15.7 Å². The minimum Gasteiger partial charge on any atom is -0.362 e. The first-order chi connectivity index (χ1) is 8.86. The van der Waals surface area contributed by atoms with Crippen LogP contribution in [0.25, 0.3) is 0 Å². The van der Waals surface area contributed by atoms with Gasteiger partial charge >= 0.3 is 0 Å². The molecule has 0 aromatic heterocycles. The first kappa shape index (κ1) is 15.3. The summed E-state index contributed by atoms with van der Waals surface area (Å²) in [6.45, 7) is 2.33. The number of hydrazine groups is 1. The Morgan fingerprint density at radius 3 is 2.74 bits per heavy atom. The molecule has 0 aliphatic carbocycles. The van der Waals surface area contributed by atoms with Crippen LogP contribution in [0, 0.1) is 10.1 Å². The summed E-state index contributed by atoms with van der Waals surface area (Å²) in [4.78, 5) is 11.7. The number of non-ortho nitro benzene ring substituents is 1. The van der Waals surface area contributed by atoms with Crippen molar-refractivity contribution in [2.45, 2.75) is 11.8 Å². The summed E-state index contributed by atoms with van der Waals surface area (Å²) in [7, 11) is -3.92.